The van der Waals surface area contributed by atoms with E-state index < -0.39 is 24.0 Å². The summed E-state index contributed by atoms with van der Waals surface area (Å²) in [6.45, 7) is 2.22. The van der Waals surface area contributed by atoms with Crippen LogP contribution in [0.4, 0.5) is 11.4 Å². The van der Waals surface area contributed by atoms with Gasteiger partial charge in [-0.1, -0.05) is 6.07 Å². The van der Waals surface area contributed by atoms with Gasteiger partial charge < -0.3 is 25.9 Å². The van der Waals surface area contributed by atoms with E-state index in [0.717, 1.165) is 11.1 Å². The number of carbonyl (C=O) groups is 1. The molecule has 1 aliphatic heterocycles. The highest BCUT2D eigenvalue weighted by atomic mass is 32.2. The minimum atomic E-state index is -1.62. The molecular weight excluding hydrogens is 341 g/mol. The molecule has 0 saturated carbocycles. The second kappa shape index (κ2) is 6.87. The van der Waals surface area contributed by atoms with Crippen molar-refractivity contribution >= 4 is 40.8 Å². The summed E-state index contributed by atoms with van der Waals surface area (Å²) in [5, 5.41) is 9.83. The van der Waals surface area contributed by atoms with Crippen molar-refractivity contribution in [3.05, 3.63) is 47.0 Å². The van der Waals surface area contributed by atoms with Gasteiger partial charge in [-0.25, -0.2) is 4.21 Å². The van der Waals surface area contributed by atoms with E-state index in [1.54, 1.807) is 24.3 Å². The number of carbonyl (C=O) groups excluding carboxylic acids is 1. The van der Waals surface area contributed by atoms with Crippen molar-refractivity contribution in [1.82, 2.24) is 0 Å². The Labute approximate surface area is 148 Å². The number of rotatable bonds is 5. The third-order valence-corrected chi connectivity index (χ3v) is 5.20. The van der Waals surface area contributed by atoms with Crippen LogP contribution in [0.15, 0.2) is 35.2 Å². The first-order valence-electron chi connectivity index (χ1n) is 7.63. The molecule has 0 saturated heterocycles. The van der Waals surface area contributed by atoms with Crippen molar-refractivity contribution in [2.45, 2.75) is 24.8 Å². The molecule has 1 atom stereocenters. The lowest BCUT2D eigenvalue weighted by atomic mass is 9.79. The lowest BCUT2D eigenvalue weighted by Gasteiger charge is -2.14. The van der Waals surface area contributed by atoms with Gasteiger partial charge in [-0.3, -0.25) is 4.79 Å². The number of nitrogen functional groups attached to an aromatic ring is 1. The van der Waals surface area contributed by atoms with Gasteiger partial charge in [0.05, 0.1) is 17.9 Å². The van der Waals surface area contributed by atoms with Gasteiger partial charge in [-0.2, -0.15) is 0 Å². The number of nitrogens with one attached hydrogen (secondary N) is 1. The Balaban J connectivity index is 1.91. The van der Waals surface area contributed by atoms with E-state index in [0.29, 0.717) is 33.9 Å². The van der Waals surface area contributed by atoms with Gasteiger partial charge in [0.2, 0.25) is 5.91 Å². The molecule has 7 nitrogen and oxygen atoms in total. The topological polar surface area (TPSA) is 128 Å². The number of benzene rings is 2. The van der Waals surface area contributed by atoms with Crippen LogP contribution in [0.2, 0.25) is 0 Å². The molecule has 0 radical (unpaired) electrons. The molecule has 9 heteroatoms. The highest BCUT2D eigenvalue weighted by Gasteiger charge is 2.28. The number of fused-ring (bicyclic) bond motifs is 1. The van der Waals surface area contributed by atoms with E-state index in [1.165, 1.54) is 0 Å². The van der Waals surface area contributed by atoms with E-state index in [4.69, 9.17) is 16.1 Å². The average molecular weight is 359 g/mol. The van der Waals surface area contributed by atoms with Crippen LogP contribution in [0.3, 0.4) is 0 Å². The average Bonchev–Trinajstić information content (AvgIpc) is 2.87. The number of amides is 1. The molecule has 130 valence electrons. The van der Waals surface area contributed by atoms with Gasteiger partial charge in [0.25, 0.3) is 0 Å². The third kappa shape index (κ3) is 3.68. The standard InChI is InChI=1S/C16H18BN3O4S/c1-9-4-11-8-24-17(22)13(11)7-14(9)20-25(23)15-3-2-12(18)5-10(15)6-16(19)21/h2-5,7,20,22H,6,8,18H2,1H3,(H2,19,21). The van der Waals surface area contributed by atoms with E-state index in [1.807, 2.05) is 13.0 Å². The van der Waals surface area contributed by atoms with Gasteiger partial charge in [-0.05, 0) is 53.3 Å². The molecule has 2 aromatic carbocycles. The van der Waals surface area contributed by atoms with Crippen LogP contribution in [-0.2, 0) is 33.5 Å². The van der Waals surface area contributed by atoms with Crippen molar-refractivity contribution in [2.75, 3.05) is 10.5 Å². The minimum Gasteiger partial charge on any atom is -0.423 e. The molecule has 6 N–H and O–H groups in total. The van der Waals surface area contributed by atoms with Crippen LogP contribution in [0.25, 0.3) is 0 Å². The molecule has 1 amide bonds. The summed E-state index contributed by atoms with van der Waals surface area (Å²) in [6.07, 6.45) is -0.0521. The molecular formula is C16H18BN3O4S. The van der Waals surface area contributed by atoms with Gasteiger partial charge in [0.1, 0.15) is 0 Å². The maximum atomic E-state index is 12.8. The van der Waals surface area contributed by atoms with E-state index in [-0.39, 0.29) is 6.42 Å². The molecule has 1 unspecified atom stereocenters. The summed E-state index contributed by atoms with van der Waals surface area (Å²) in [5.74, 6) is -0.530. The molecule has 25 heavy (non-hydrogen) atoms. The van der Waals surface area contributed by atoms with Gasteiger partial charge in [-0.15, -0.1) is 0 Å². The Kier molecular flexibility index (Phi) is 4.80. The number of hydrogen-bond donors (Lipinski definition) is 4. The zero-order valence-electron chi connectivity index (χ0n) is 13.6. The lowest BCUT2D eigenvalue weighted by molar-refractivity contribution is -0.117. The summed E-state index contributed by atoms with van der Waals surface area (Å²) in [6, 6.07) is 8.43. The summed E-state index contributed by atoms with van der Waals surface area (Å²) >= 11 is 0. The lowest BCUT2D eigenvalue weighted by Crippen LogP contribution is -2.28. The Morgan fingerprint density at radius 2 is 2.16 bits per heavy atom. The number of primary amides is 1. The summed E-state index contributed by atoms with van der Waals surface area (Å²) in [4.78, 5) is 11.7. The van der Waals surface area contributed by atoms with Crippen LogP contribution in [0.1, 0.15) is 16.7 Å². The first-order valence-corrected chi connectivity index (χ1v) is 8.78. The maximum Gasteiger partial charge on any atom is 0.491 e. The van der Waals surface area contributed by atoms with Crippen molar-refractivity contribution in [2.24, 2.45) is 5.73 Å². The van der Waals surface area contributed by atoms with Crippen LogP contribution in [0.5, 0.6) is 0 Å². The quantitative estimate of drug-likeness (QED) is 0.440. The fourth-order valence-electron chi connectivity index (χ4n) is 2.77. The number of hydrogen-bond acceptors (Lipinski definition) is 5. The first kappa shape index (κ1) is 17.5. The smallest absolute Gasteiger partial charge is 0.423 e. The van der Waals surface area contributed by atoms with E-state index in [9.17, 15) is 14.0 Å². The Bertz CT molecular complexity index is 875. The molecule has 0 bridgehead atoms. The van der Waals surface area contributed by atoms with Gasteiger partial charge in [0.15, 0.2) is 11.0 Å². The summed E-state index contributed by atoms with van der Waals surface area (Å²) in [7, 11) is -2.60. The Morgan fingerprint density at radius 3 is 2.88 bits per heavy atom. The fraction of sp³-hybridized carbons (Fsp3) is 0.188. The summed E-state index contributed by atoms with van der Waals surface area (Å²) in [5.41, 5.74) is 15.0. The normalized spacial score (nSPS) is 14.2. The molecule has 0 aliphatic carbocycles. The molecule has 3 rings (SSSR count). The zero-order valence-corrected chi connectivity index (χ0v) is 14.4. The minimum absolute atomic E-state index is 0.0521. The van der Waals surface area contributed by atoms with Crippen molar-refractivity contribution in [3.63, 3.8) is 0 Å². The zero-order chi connectivity index (χ0) is 18.1. The molecule has 1 aliphatic rings. The second-order valence-corrected chi connectivity index (χ2v) is 7.09. The molecule has 0 fully saturated rings. The largest absolute Gasteiger partial charge is 0.491 e. The van der Waals surface area contributed by atoms with Crippen molar-refractivity contribution in [1.29, 1.82) is 0 Å². The Hall–Kier alpha value is -2.36. The monoisotopic (exact) mass is 359 g/mol. The van der Waals surface area contributed by atoms with Gasteiger partial charge in [0, 0.05) is 11.4 Å². The maximum absolute atomic E-state index is 12.8. The SMILES string of the molecule is Cc1cc2c(cc1NS(=O)c1ccc(N)cc1CC(N)=O)B(O)OC2. The molecule has 0 spiro atoms. The third-order valence-electron chi connectivity index (χ3n) is 4.00. The highest BCUT2D eigenvalue weighted by Crippen LogP contribution is 2.24. The van der Waals surface area contributed by atoms with Crippen LogP contribution < -0.4 is 21.7 Å². The van der Waals surface area contributed by atoms with E-state index >= 15 is 0 Å². The van der Waals surface area contributed by atoms with Crippen LogP contribution >= 0.6 is 0 Å². The number of aryl methyl sites for hydroxylation is 1. The van der Waals surface area contributed by atoms with E-state index in [2.05, 4.69) is 4.72 Å². The van der Waals surface area contributed by atoms with Crippen molar-refractivity contribution in [3.8, 4) is 0 Å². The number of nitrogens with two attached hydrogens (primary N) is 2. The Morgan fingerprint density at radius 1 is 1.40 bits per heavy atom. The predicted molar refractivity (Wildman–Crippen MR) is 97.4 cm³/mol. The fourth-order valence-corrected chi connectivity index (χ4v) is 3.86. The summed E-state index contributed by atoms with van der Waals surface area (Å²) < 4.78 is 20.9. The van der Waals surface area contributed by atoms with Crippen molar-refractivity contribution < 1.29 is 18.7 Å². The highest BCUT2D eigenvalue weighted by molar-refractivity contribution is 7.86. The molecule has 0 aromatic heterocycles. The second-order valence-electron chi connectivity index (χ2n) is 5.91. The first-order chi connectivity index (χ1) is 11.8. The number of anilines is 2. The molecule has 1 heterocycles. The van der Waals surface area contributed by atoms with Gasteiger partial charge >= 0.3 is 7.12 Å². The predicted octanol–water partition coefficient (Wildman–Crippen LogP) is -0.0426. The van der Waals surface area contributed by atoms with Crippen LogP contribution in [0, 0.1) is 6.92 Å². The molecule has 2 aromatic rings. The van der Waals surface area contributed by atoms with Crippen LogP contribution in [-0.4, -0.2) is 22.3 Å².